The van der Waals surface area contributed by atoms with E-state index in [1.54, 1.807) is 0 Å². The fraction of sp³-hybridized carbons (Fsp3) is 0.111. The Balaban J connectivity index is 2.79. The lowest BCUT2D eigenvalue weighted by molar-refractivity contribution is 1.24. The minimum absolute atomic E-state index is 0.943. The third-order valence-electron chi connectivity index (χ3n) is 1.32. The summed E-state index contributed by atoms with van der Waals surface area (Å²) >= 11 is 3.29. The minimum atomic E-state index is 0.943. The summed E-state index contributed by atoms with van der Waals surface area (Å²) in [7, 11) is 0. The molecule has 1 aliphatic carbocycles. The van der Waals surface area contributed by atoms with Crippen molar-refractivity contribution in [2.24, 2.45) is 0 Å². The molecule has 0 aliphatic heterocycles. The third-order valence-corrected chi connectivity index (χ3v) is 1.91. The first-order chi connectivity index (χ1) is 4.83. The second kappa shape index (κ2) is 3.57. The van der Waals surface area contributed by atoms with E-state index in [4.69, 9.17) is 0 Å². The second-order valence-electron chi connectivity index (χ2n) is 2.24. The minimum Gasteiger partial charge on any atom is -0.0955 e. The molecule has 0 atom stereocenters. The van der Waals surface area contributed by atoms with Gasteiger partial charge in [-0.3, -0.25) is 0 Å². The van der Waals surface area contributed by atoms with Crippen LogP contribution in [0.4, 0.5) is 0 Å². The topological polar surface area (TPSA) is 0 Å². The van der Waals surface area contributed by atoms with Crippen LogP contribution in [-0.2, 0) is 0 Å². The molecule has 0 unspecified atom stereocenters. The van der Waals surface area contributed by atoms with E-state index in [9.17, 15) is 0 Å². The van der Waals surface area contributed by atoms with E-state index >= 15 is 0 Å². The summed E-state index contributed by atoms with van der Waals surface area (Å²) < 4.78 is 0. The quantitative estimate of drug-likeness (QED) is 0.558. The molecule has 1 heteroatoms. The highest BCUT2D eigenvalue weighted by atomic mass is 79.9. The van der Waals surface area contributed by atoms with Gasteiger partial charge in [0.15, 0.2) is 0 Å². The molecule has 0 nitrogen and oxygen atoms in total. The van der Waals surface area contributed by atoms with Crippen molar-refractivity contribution < 1.29 is 0 Å². The predicted molar refractivity (Wildman–Crippen MR) is 49.0 cm³/mol. The van der Waals surface area contributed by atoms with Gasteiger partial charge in [-0.05, 0) is 17.0 Å². The van der Waals surface area contributed by atoms with Gasteiger partial charge in [0.25, 0.3) is 0 Å². The van der Waals surface area contributed by atoms with E-state index < -0.39 is 0 Å². The summed E-state index contributed by atoms with van der Waals surface area (Å²) in [6, 6.07) is 0. The SMILES string of the molecule is C=C1C=CC=C/C(=C/Br)C1. The zero-order chi connectivity index (χ0) is 7.40. The van der Waals surface area contributed by atoms with E-state index in [0.717, 1.165) is 12.0 Å². The van der Waals surface area contributed by atoms with Gasteiger partial charge >= 0.3 is 0 Å². The lowest BCUT2D eigenvalue weighted by atomic mass is 10.1. The predicted octanol–water partition coefficient (Wildman–Crippen LogP) is 3.34. The van der Waals surface area contributed by atoms with E-state index in [2.05, 4.69) is 28.6 Å². The normalized spacial score (nSPS) is 21.7. The van der Waals surface area contributed by atoms with Gasteiger partial charge in [0.1, 0.15) is 0 Å². The zero-order valence-electron chi connectivity index (χ0n) is 5.68. The van der Waals surface area contributed by atoms with Gasteiger partial charge in [0.2, 0.25) is 0 Å². The summed E-state index contributed by atoms with van der Waals surface area (Å²) in [5.41, 5.74) is 2.41. The Hall–Kier alpha value is -0.560. The number of hydrogen-bond acceptors (Lipinski definition) is 0. The number of rotatable bonds is 0. The van der Waals surface area contributed by atoms with Crippen molar-refractivity contribution in [1.29, 1.82) is 0 Å². The van der Waals surface area contributed by atoms with Crippen LogP contribution >= 0.6 is 15.9 Å². The van der Waals surface area contributed by atoms with Crippen LogP contribution < -0.4 is 0 Å². The van der Waals surface area contributed by atoms with Crippen molar-refractivity contribution in [2.45, 2.75) is 6.42 Å². The second-order valence-corrected chi connectivity index (χ2v) is 2.70. The fourth-order valence-electron chi connectivity index (χ4n) is 0.826. The molecule has 0 saturated heterocycles. The van der Waals surface area contributed by atoms with Crippen LogP contribution in [0.3, 0.4) is 0 Å². The highest BCUT2D eigenvalue weighted by Gasteiger charge is 1.95. The molecule has 1 aliphatic rings. The lowest BCUT2D eigenvalue weighted by Crippen LogP contribution is -1.76. The molecule has 0 fully saturated rings. The number of hydrogen-bond donors (Lipinski definition) is 0. The Morgan fingerprint density at radius 3 is 2.80 bits per heavy atom. The molecule has 0 aromatic carbocycles. The van der Waals surface area contributed by atoms with Crippen molar-refractivity contribution in [1.82, 2.24) is 0 Å². The standard InChI is InChI=1S/C9H9Br/c1-8-4-2-3-5-9(6-8)7-10/h2-5,7H,1,6H2/b9-7-. The molecule has 0 heterocycles. The molecule has 52 valence electrons. The Morgan fingerprint density at radius 2 is 2.10 bits per heavy atom. The first-order valence-electron chi connectivity index (χ1n) is 3.14. The largest absolute Gasteiger partial charge is 0.0955 e. The maximum Gasteiger partial charge on any atom is -0.00265 e. The molecule has 0 N–H and O–H groups in total. The Morgan fingerprint density at radius 1 is 1.40 bits per heavy atom. The molecular formula is C9H9Br. The van der Waals surface area contributed by atoms with E-state index in [1.807, 2.05) is 23.2 Å². The van der Waals surface area contributed by atoms with Gasteiger partial charge < -0.3 is 0 Å². The number of allylic oxidation sites excluding steroid dienone is 6. The molecule has 0 aromatic rings. The Kier molecular flexibility index (Phi) is 2.69. The molecule has 0 bridgehead atoms. The van der Waals surface area contributed by atoms with Crippen LogP contribution in [0.1, 0.15) is 6.42 Å². The first kappa shape index (κ1) is 7.55. The van der Waals surface area contributed by atoms with E-state index in [1.165, 1.54) is 5.57 Å². The highest BCUT2D eigenvalue weighted by Crippen LogP contribution is 2.16. The van der Waals surface area contributed by atoms with Crippen molar-refractivity contribution in [3.63, 3.8) is 0 Å². The van der Waals surface area contributed by atoms with Crippen LogP contribution in [0.2, 0.25) is 0 Å². The smallest absolute Gasteiger partial charge is 0.00265 e. The summed E-state index contributed by atoms with van der Waals surface area (Å²) in [5.74, 6) is 0. The molecule has 0 saturated carbocycles. The van der Waals surface area contributed by atoms with Gasteiger partial charge in [-0.25, -0.2) is 0 Å². The molecule has 1 rings (SSSR count). The molecule has 0 spiro atoms. The van der Waals surface area contributed by atoms with Gasteiger partial charge in [0, 0.05) is 0 Å². The van der Waals surface area contributed by atoms with Crippen molar-refractivity contribution >= 4 is 15.9 Å². The fourth-order valence-corrected chi connectivity index (χ4v) is 1.14. The van der Waals surface area contributed by atoms with Crippen LogP contribution in [0.15, 0.2) is 47.0 Å². The lowest BCUT2D eigenvalue weighted by Gasteiger charge is -1.96. The van der Waals surface area contributed by atoms with Crippen molar-refractivity contribution in [3.8, 4) is 0 Å². The molecule has 10 heavy (non-hydrogen) atoms. The molecule has 0 aromatic heterocycles. The van der Waals surface area contributed by atoms with Crippen LogP contribution in [0.5, 0.6) is 0 Å². The van der Waals surface area contributed by atoms with Crippen molar-refractivity contribution in [3.05, 3.63) is 47.0 Å². The van der Waals surface area contributed by atoms with Crippen LogP contribution in [-0.4, -0.2) is 0 Å². The highest BCUT2D eigenvalue weighted by molar-refractivity contribution is 9.11. The van der Waals surface area contributed by atoms with Gasteiger partial charge in [-0.1, -0.05) is 52.4 Å². The maximum absolute atomic E-state index is 3.88. The van der Waals surface area contributed by atoms with Gasteiger partial charge in [-0.15, -0.1) is 0 Å². The van der Waals surface area contributed by atoms with E-state index in [0.29, 0.717) is 0 Å². The maximum atomic E-state index is 3.88. The van der Waals surface area contributed by atoms with E-state index in [-0.39, 0.29) is 0 Å². The molecule has 0 radical (unpaired) electrons. The Labute approximate surface area is 69.8 Å². The monoisotopic (exact) mass is 196 g/mol. The third kappa shape index (κ3) is 1.99. The average Bonchev–Trinajstić information content (AvgIpc) is 2.13. The summed E-state index contributed by atoms with van der Waals surface area (Å²) in [6.07, 6.45) is 9.07. The average molecular weight is 197 g/mol. The van der Waals surface area contributed by atoms with Crippen LogP contribution in [0.25, 0.3) is 0 Å². The van der Waals surface area contributed by atoms with Gasteiger partial charge in [-0.2, -0.15) is 0 Å². The summed E-state index contributed by atoms with van der Waals surface area (Å²) in [4.78, 5) is 1.93. The van der Waals surface area contributed by atoms with Crippen molar-refractivity contribution in [2.75, 3.05) is 0 Å². The zero-order valence-corrected chi connectivity index (χ0v) is 7.26. The molecular weight excluding hydrogens is 188 g/mol. The molecule has 0 amide bonds. The first-order valence-corrected chi connectivity index (χ1v) is 4.06. The summed E-state index contributed by atoms with van der Waals surface area (Å²) in [6.45, 7) is 3.88. The van der Waals surface area contributed by atoms with Crippen LogP contribution in [0, 0.1) is 0 Å². The van der Waals surface area contributed by atoms with Gasteiger partial charge in [0.05, 0.1) is 0 Å². The Bertz CT molecular complexity index is 219. The number of halogens is 1. The summed E-state index contributed by atoms with van der Waals surface area (Å²) in [5, 5.41) is 0.